The SMILES string of the molecule is N#Cc1ccc(-c2cccc3c(C(=O)N4CCCCC4)cnn23)cc1F. The summed E-state index contributed by atoms with van der Waals surface area (Å²) in [5.41, 5.74) is 2.53. The zero-order valence-electron chi connectivity index (χ0n) is 14.2. The van der Waals surface area contributed by atoms with Crippen molar-refractivity contribution in [2.75, 3.05) is 13.1 Å². The summed E-state index contributed by atoms with van der Waals surface area (Å²) in [5.74, 6) is -0.582. The molecule has 3 heterocycles. The zero-order chi connectivity index (χ0) is 18.1. The first-order valence-electron chi connectivity index (χ1n) is 8.65. The average Bonchev–Trinajstić information content (AvgIpc) is 3.12. The second-order valence-electron chi connectivity index (χ2n) is 6.43. The number of nitriles is 1. The molecule has 26 heavy (non-hydrogen) atoms. The van der Waals surface area contributed by atoms with Crippen LogP contribution in [0.5, 0.6) is 0 Å². The van der Waals surface area contributed by atoms with Gasteiger partial charge in [-0.2, -0.15) is 10.4 Å². The maximum absolute atomic E-state index is 14.0. The van der Waals surface area contributed by atoms with E-state index in [9.17, 15) is 9.18 Å². The summed E-state index contributed by atoms with van der Waals surface area (Å²) in [5, 5.41) is 13.3. The Labute approximate surface area is 150 Å². The van der Waals surface area contributed by atoms with Gasteiger partial charge in [0, 0.05) is 18.7 Å². The highest BCUT2D eigenvalue weighted by Gasteiger charge is 2.22. The van der Waals surface area contributed by atoms with Gasteiger partial charge in [-0.05, 0) is 43.5 Å². The van der Waals surface area contributed by atoms with Crippen LogP contribution in [0.25, 0.3) is 16.8 Å². The third kappa shape index (κ3) is 2.72. The monoisotopic (exact) mass is 348 g/mol. The number of halogens is 1. The fraction of sp³-hybridized carbons (Fsp3) is 0.250. The number of hydrogen-bond donors (Lipinski definition) is 0. The number of piperidine rings is 1. The summed E-state index contributed by atoms with van der Waals surface area (Å²) in [7, 11) is 0. The number of likely N-dealkylation sites (tertiary alicyclic amines) is 1. The van der Waals surface area contributed by atoms with E-state index in [0.717, 1.165) is 32.4 Å². The fourth-order valence-electron chi connectivity index (χ4n) is 3.43. The Morgan fingerprint density at radius 3 is 2.69 bits per heavy atom. The molecule has 5 nitrogen and oxygen atoms in total. The van der Waals surface area contributed by atoms with Crippen LogP contribution in [0.15, 0.2) is 42.6 Å². The van der Waals surface area contributed by atoms with Crippen molar-refractivity contribution in [3.8, 4) is 17.3 Å². The molecule has 3 aromatic rings. The first-order valence-corrected chi connectivity index (χ1v) is 8.65. The van der Waals surface area contributed by atoms with Crippen molar-refractivity contribution < 1.29 is 9.18 Å². The van der Waals surface area contributed by atoms with Crippen LogP contribution in [0, 0.1) is 17.1 Å². The maximum atomic E-state index is 14.0. The van der Waals surface area contributed by atoms with Crippen LogP contribution in [-0.4, -0.2) is 33.5 Å². The zero-order valence-corrected chi connectivity index (χ0v) is 14.2. The molecule has 1 amide bonds. The largest absolute Gasteiger partial charge is 0.339 e. The molecule has 1 aromatic carbocycles. The van der Waals surface area contributed by atoms with Gasteiger partial charge < -0.3 is 4.90 Å². The van der Waals surface area contributed by atoms with Crippen LogP contribution in [-0.2, 0) is 0 Å². The van der Waals surface area contributed by atoms with E-state index in [2.05, 4.69) is 5.10 Å². The van der Waals surface area contributed by atoms with Gasteiger partial charge in [0.05, 0.1) is 28.5 Å². The van der Waals surface area contributed by atoms with Gasteiger partial charge in [0.2, 0.25) is 0 Å². The minimum atomic E-state index is -0.571. The van der Waals surface area contributed by atoms with Crippen LogP contribution in [0.2, 0.25) is 0 Å². The molecule has 6 heteroatoms. The lowest BCUT2D eigenvalue weighted by atomic mass is 10.1. The molecule has 0 bridgehead atoms. The van der Waals surface area contributed by atoms with Crippen LogP contribution < -0.4 is 0 Å². The number of rotatable bonds is 2. The molecule has 4 rings (SSSR count). The van der Waals surface area contributed by atoms with Crippen LogP contribution >= 0.6 is 0 Å². The number of carbonyl (C=O) groups is 1. The lowest BCUT2D eigenvalue weighted by molar-refractivity contribution is 0.0726. The molecule has 1 saturated heterocycles. The number of hydrogen-bond acceptors (Lipinski definition) is 3. The minimum absolute atomic E-state index is 0.00218. The van der Waals surface area contributed by atoms with E-state index >= 15 is 0 Å². The van der Waals surface area contributed by atoms with Gasteiger partial charge in [0.25, 0.3) is 5.91 Å². The topological polar surface area (TPSA) is 61.4 Å². The Bertz CT molecular complexity index is 1030. The van der Waals surface area contributed by atoms with Crippen molar-refractivity contribution in [3.05, 3.63) is 59.5 Å². The summed E-state index contributed by atoms with van der Waals surface area (Å²) < 4.78 is 15.7. The van der Waals surface area contributed by atoms with E-state index < -0.39 is 5.82 Å². The van der Waals surface area contributed by atoms with E-state index in [1.165, 1.54) is 12.1 Å². The van der Waals surface area contributed by atoms with Crippen molar-refractivity contribution in [1.29, 1.82) is 5.26 Å². The molecule has 1 fully saturated rings. The number of benzene rings is 1. The minimum Gasteiger partial charge on any atom is -0.339 e. The molecular weight excluding hydrogens is 331 g/mol. The predicted octanol–water partition coefficient (Wildman–Crippen LogP) is 3.64. The first-order chi connectivity index (χ1) is 12.7. The second-order valence-corrected chi connectivity index (χ2v) is 6.43. The second kappa shape index (κ2) is 6.60. The fourth-order valence-corrected chi connectivity index (χ4v) is 3.43. The first kappa shape index (κ1) is 16.3. The highest BCUT2D eigenvalue weighted by atomic mass is 19.1. The van der Waals surface area contributed by atoms with E-state index in [4.69, 9.17) is 5.26 Å². The number of carbonyl (C=O) groups excluding carboxylic acids is 1. The highest BCUT2D eigenvalue weighted by Crippen LogP contribution is 2.25. The number of pyridine rings is 1. The maximum Gasteiger partial charge on any atom is 0.257 e. The Kier molecular flexibility index (Phi) is 4.13. The van der Waals surface area contributed by atoms with E-state index in [0.29, 0.717) is 22.3 Å². The third-order valence-corrected chi connectivity index (χ3v) is 4.80. The summed E-state index contributed by atoms with van der Waals surface area (Å²) >= 11 is 0. The van der Waals surface area contributed by atoms with Gasteiger partial charge in [0.15, 0.2) is 0 Å². The van der Waals surface area contributed by atoms with Gasteiger partial charge >= 0.3 is 0 Å². The summed E-state index contributed by atoms with van der Waals surface area (Å²) in [6.45, 7) is 1.55. The van der Waals surface area contributed by atoms with Crippen molar-refractivity contribution in [1.82, 2.24) is 14.5 Å². The Morgan fingerprint density at radius 1 is 1.15 bits per heavy atom. The quantitative estimate of drug-likeness (QED) is 0.710. The number of nitrogens with zero attached hydrogens (tertiary/aromatic N) is 4. The van der Waals surface area contributed by atoms with Gasteiger partial charge in [-0.1, -0.05) is 12.1 Å². The van der Waals surface area contributed by atoms with Crippen molar-refractivity contribution in [2.45, 2.75) is 19.3 Å². The van der Waals surface area contributed by atoms with E-state index in [-0.39, 0.29) is 11.5 Å². The molecule has 0 spiro atoms. The Balaban J connectivity index is 1.77. The average molecular weight is 348 g/mol. The van der Waals surface area contributed by atoms with Crippen molar-refractivity contribution >= 4 is 11.4 Å². The molecule has 1 aliphatic rings. The standard InChI is InChI=1S/C20H17FN4O/c21-17-11-14(7-8-15(17)12-22)18-5-4-6-19-16(13-23-25(18)19)20(26)24-9-2-1-3-10-24/h4-8,11,13H,1-3,9-10H2. The Morgan fingerprint density at radius 2 is 1.96 bits per heavy atom. The predicted molar refractivity (Wildman–Crippen MR) is 95.1 cm³/mol. The molecule has 2 aromatic heterocycles. The summed E-state index contributed by atoms with van der Waals surface area (Å²) in [6, 6.07) is 11.8. The van der Waals surface area contributed by atoms with Gasteiger partial charge in [0.1, 0.15) is 11.9 Å². The molecule has 1 aliphatic heterocycles. The van der Waals surface area contributed by atoms with Gasteiger partial charge in [-0.15, -0.1) is 0 Å². The molecule has 0 unspecified atom stereocenters. The normalized spacial score (nSPS) is 14.4. The molecule has 0 radical (unpaired) electrons. The number of aromatic nitrogens is 2. The van der Waals surface area contributed by atoms with Crippen LogP contribution in [0.3, 0.4) is 0 Å². The number of amides is 1. The lowest BCUT2D eigenvalue weighted by Gasteiger charge is -2.26. The smallest absolute Gasteiger partial charge is 0.257 e. The Hall–Kier alpha value is -3.20. The van der Waals surface area contributed by atoms with E-state index in [1.807, 2.05) is 29.2 Å². The summed E-state index contributed by atoms with van der Waals surface area (Å²) in [6.07, 6.45) is 4.80. The summed E-state index contributed by atoms with van der Waals surface area (Å²) in [4.78, 5) is 14.7. The third-order valence-electron chi connectivity index (χ3n) is 4.80. The molecular formula is C20H17FN4O. The van der Waals surface area contributed by atoms with E-state index in [1.54, 1.807) is 16.8 Å². The van der Waals surface area contributed by atoms with Gasteiger partial charge in [-0.3, -0.25) is 4.79 Å². The number of fused-ring (bicyclic) bond motifs is 1. The van der Waals surface area contributed by atoms with Crippen LogP contribution in [0.1, 0.15) is 35.2 Å². The molecule has 0 aliphatic carbocycles. The lowest BCUT2D eigenvalue weighted by Crippen LogP contribution is -2.35. The molecule has 0 saturated carbocycles. The van der Waals surface area contributed by atoms with Crippen molar-refractivity contribution in [3.63, 3.8) is 0 Å². The van der Waals surface area contributed by atoms with Crippen LogP contribution in [0.4, 0.5) is 4.39 Å². The van der Waals surface area contributed by atoms with Gasteiger partial charge in [-0.25, -0.2) is 8.91 Å². The molecule has 0 N–H and O–H groups in total. The molecule has 130 valence electrons. The van der Waals surface area contributed by atoms with Crippen molar-refractivity contribution in [2.24, 2.45) is 0 Å². The highest BCUT2D eigenvalue weighted by molar-refractivity contribution is 6.01. The molecule has 0 atom stereocenters.